The van der Waals surface area contributed by atoms with Gasteiger partial charge in [-0.2, -0.15) is 0 Å². The fraction of sp³-hybridized carbons (Fsp3) is 0.310. The second-order valence-corrected chi connectivity index (χ2v) is 10.6. The predicted octanol–water partition coefficient (Wildman–Crippen LogP) is 4.84. The lowest BCUT2D eigenvalue weighted by atomic mass is 9.79. The summed E-state index contributed by atoms with van der Waals surface area (Å²) in [5.41, 5.74) is 4.42. The molecule has 0 fully saturated rings. The second kappa shape index (κ2) is 10.4. The molecular weight excluding hydrogens is 486 g/mol. The Morgan fingerprint density at radius 2 is 1.92 bits per heavy atom. The van der Waals surface area contributed by atoms with Crippen LogP contribution in [0.1, 0.15) is 34.5 Å². The standard InChI is InChI=1S/C29H32ClN5O2/c1-17(22-15-32-24-8-5-4-7-21(22)24)26(34-29(37)25-9-6-12-31-25)28(36)27-19(16-35(2)3)13-18-14-20(30)10-11-23(18)33-27/h4-12,14-15,17,19,26-27,31-33H,13,16H2,1-3H3,(H,34,37)/t17?,19-,26?,27?/m1/s1. The molecule has 0 saturated heterocycles. The van der Waals surface area contributed by atoms with Crippen molar-refractivity contribution in [3.8, 4) is 0 Å². The van der Waals surface area contributed by atoms with Crippen LogP contribution in [-0.4, -0.2) is 59.3 Å². The van der Waals surface area contributed by atoms with Crippen LogP contribution >= 0.6 is 11.6 Å². The van der Waals surface area contributed by atoms with E-state index in [2.05, 4.69) is 25.5 Å². The van der Waals surface area contributed by atoms with Crippen molar-refractivity contribution in [2.75, 3.05) is 26.0 Å². The van der Waals surface area contributed by atoms with Gasteiger partial charge in [-0.3, -0.25) is 9.59 Å². The molecule has 7 nitrogen and oxygen atoms in total. The molecule has 2 aromatic heterocycles. The lowest BCUT2D eigenvalue weighted by molar-refractivity contribution is -0.123. The van der Waals surface area contributed by atoms with Crippen LogP contribution in [0.2, 0.25) is 5.02 Å². The third-order valence-corrected chi connectivity index (χ3v) is 7.52. The second-order valence-electron chi connectivity index (χ2n) is 10.2. The van der Waals surface area contributed by atoms with Gasteiger partial charge >= 0.3 is 0 Å². The molecule has 4 aromatic rings. The minimum atomic E-state index is -0.744. The zero-order valence-electron chi connectivity index (χ0n) is 21.2. The largest absolute Gasteiger partial charge is 0.375 e. The molecule has 3 heterocycles. The summed E-state index contributed by atoms with van der Waals surface area (Å²) < 4.78 is 0. The number of ketones is 1. The molecule has 0 radical (unpaired) electrons. The number of nitrogens with zero attached hydrogens (tertiary/aromatic N) is 1. The first-order valence-electron chi connectivity index (χ1n) is 12.6. The number of H-pyrrole nitrogens is 2. The van der Waals surface area contributed by atoms with Crippen molar-refractivity contribution < 1.29 is 9.59 Å². The third kappa shape index (κ3) is 5.15. The van der Waals surface area contributed by atoms with Gasteiger partial charge in [0.15, 0.2) is 5.78 Å². The molecule has 0 bridgehead atoms. The lowest BCUT2D eigenvalue weighted by Crippen LogP contribution is -2.55. The minimum Gasteiger partial charge on any atom is -0.375 e. The van der Waals surface area contributed by atoms with Crippen LogP contribution in [0.4, 0.5) is 5.69 Å². The first-order chi connectivity index (χ1) is 17.8. The zero-order chi connectivity index (χ0) is 26.1. The number of anilines is 1. The van der Waals surface area contributed by atoms with E-state index < -0.39 is 12.1 Å². The normalized spacial score (nSPS) is 18.7. The van der Waals surface area contributed by atoms with Crippen molar-refractivity contribution >= 4 is 39.9 Å². The first kappa shape index (κ1) is 25.1. The number of amides is 1. The molecule has 5 rings (SSSR count). The minimum absolute atomic E-state index is 0.00789. The van der Waals surface area contributed by atoms with Crippen LogP contribution in [0.5, 0.6) is 0 Å². The van der Waals surface area contributed by atoms with Gasteiger partial charge in [-0.1, -0.05) is 36.7 Å². The molecular formula is C29H32ClN5O2. The molecule has 1 amide bonds. The molecule has 0 saturated carbocycles. The Bertz CT molecular complexity index is 1410. The number of para-hydroxylation sites is 1. The van der Waals surface area contributed by atoms with Crippen molar-refractivity contribution in [2.24, 2.45) is 5.92 Å². The Morgan fingerprint density at radius 1 is 1.11 bits per heavy atom. The number of Topliss-reactive ketones (excluding diaryl/α,β-unsaturated/α-hetero) is 1. The van der Waals surface area contributed by atoms with E-state index >= 15 is 0 Å². The van der Waals surface area contributed by atoms with Gasteiger partial charge in [-0.25, -0.2) is 0 Å². The van der Waals surface area contributed by atoms with Crippen LogP contribution in [0.3, 0.4) is 0 Å². The lowest BCUT2D eigenvalue weighted by Gasteiger charge is -2.38. The third-order valence-electron chi connectivity index (χ3n) is 7.29. The average Bonchev–Trinajstić information content (AvgIpc) is 3.56. The summed E-state index contributed by atoms with van der Waals surface area (Å²) in [6.07, 6.45) is 4.36. The number of nitrogens with one attached hydrogen (secondary N) is 4. The summed E-state index contributed by atoms with van der Waals surface area (Å²) in [5, 5.41) is 8.29. The van der Waals surface area contributed by atoms with E-state index in [1.54, 1.807) is 18.3 Å². The van der Waals surface area contributed by atoms with Crippen molar-refractivity contribution in [3.63, 3.8) is 0 Å². The number of carbonyl (C=O) groups is 2. The molecule has 37 heavy (non-hydrogen) atoms. The van der Waals surface area contributed by atoms with Gasteiger partial charge in [0.25, 0.3) is 5.91 Å². The van der Waals surface area contributed by atoms with Gasteiger partial charge in [0.05, 0.1) is 12.1 Å². The Morgan fingerprint density at radius 3 is 2.68 bits per heavy atom. The van der Waals surface area contributed by atoms with Crippen molar-refractivity contribution in [1.82, 2.24) is 20.2 Å². The highest BCUT2D eigenvalue weighted by molar-refractivity contribution is 6.30. The molecule has 4 atom stereocenters. The monoisotopic (exact) mass is 517 g/mol. The smallest absolute Gasteiger partial charge is 0.268 e. The number of hydrogen-bond donors (Lipinski definition) is 4. The van der Waals surface area contributed by atoms with Crippen LogP contribution in [0.15, 0.2) is 67.0 Å². The van der Waals surface area contributed by atoms with Gasteiger partial charge in [-0.15, -0.1) is 0 Å². The van der Waals surface area contributed by atoms with E-state index in [0.717, 1.165) is 34.1 Å². The maximum Gasteiger partial charge on any atom is 0.268 e. The molecule has 192 valence electrons. The first-order valence-corrected chi connectivity index (χ1v) is 12.9. The quantitative estimate of drug-likeness (QED) is 0.269. The van der Waals surface area contributed by atoms with Gasteiger partial charge < -0.3 is 25.5 Å². The highest BCUT2D eigenvalue weighted by Gasteiger charge is 2.40. The topological polar surface area (TPSA) is 93.0 Å². The van der Waals surface area contributed by atoms with E-state index in [0.29, 0.717) is 17.3 Å². The van der Waals surface area contributed by atoms with E-state index in [4.69, 9.17) is 11.6 Å². The Balaban J connectivity index is 1.52. The molecule has 2 aromatic carbocycles. The Labute approximate surface area is 221 Å². The molecule has 1 aliphatic rings. The summed E-state index contributed by atoms with van der Waals surface area (Å²) in [6, 6.07) is 16.0. The van der Waals surface area contributed by atoms with E-state index in [1.807, 2.05) is 69.7 Å². The highest BCUT2D eigenvalue weighted by Crippen LogP contribution is 2.34. The fourth-order valence-corrected chi connectivity index (χ4v) is 5.67. The number of fused-ring (bicyclic) bond motifs is 2. The Kier molecular flexibility index (Phi) is 7.09. The van der Waals surface area contributed by atoms with Crippen LogP contribution in [-0.2, 0) is 11.2 Å². The molecule has 4 N–H and O–H groups in total. The maximum atomic E-state index is 14.4. The van der Waals surface area contributed by atoms with Gasteiger partial charge in [0.2, 0.25) is 0 Å². The number of carbonyl (C=O) groups excluding carboxylic acids is 2. The summed E-state index contributed by atoms with van der Waals surface area (Å²) in [6.45, 7) is 2.72. The molecule has 0 aliphatic carbocycles. The Hall–Kier alpha value is -3.55. The van der Waals surface area contributed by atoms with E-state index in [-0.39, 0.29) is 23.5 Å². The molecule has 8 heteroatoms. The van der Waals surface area contributed by atoms with E-state index in [1.165, 1.54) is 0 Å². The summed E-state index contributed by atoms with van der Waals surface area (Å²) in [5.74, 6) is -0.600. The molecule has 1 aliphatic heterocycles. The van der Waals surface area contributed by atoms with Crippen molar-refractivity contribution in [2.45, 2.75) is 31.3 Å². The average molecular weight is 518 g/mol. The van der Waals surface area contributed by atoms with Crippen molar-refractivity contribution in [1.29, 1.82) is 0 Å². The zero-order valence-corrected chi connectivity index (χ0v) is 22.0. The number of rotatable bonds is 8. The number of hydrogen-bond acceptors (Lipinski definition) is 4. The fourth-order valence-electron chi connectivity index (χ4n) is 5.48. The predicted molar refractivity (Wildman–Crippen MR) is 148 cm³/mol. The highest BCUT2D eigenvalue weighted by atomic mass is 35.5. The van der Waals surface area contributed by atoms with Gasteiger partial charge in [0, 0.05) is 52.4 Å². The summed E-state index contributed by atoms with van der Waals surface area (Å²) in [4.78, 5) is 36.0. The number of aromatic amines is 2. The van der Waals surface area contributed by atoms with Crippen molar-refractivity contribution in [3.05, 3.63) is 88.8 Å². The SMILES string of the molecule is CC(c1c[nH]c2ccccc12)C(NC(=O)c1ccc[nH]1)C(=O)C1Nc2ccc(Cl)cc2C[C@@H]1CN(C)C. The number of halogens is 1. The molecule has 3 unspecified atom stereocenters. The van der Waals surface area contributed by atoms with Gasteiger partial charge in [0.1, 0.15) is 5.69 Å². The molecule has 0 spiro atoms. The van der Waals surface area contributed by atoms with Crippen LogP contribution in [0, 0.1) is 5.92 Å². The summed E-state index contributed by atoms with van der Waals surface area (Å²) >= 11 is 6.27. The summed E-state index contributed by atoms with van der Waals surface area (Å²) in [7, 11) is 4.02. The maximum absolute atomic E-state index is 14.4. The van der Waals surface area contributed by atoms with E-state index in [9.17, 15) is 9.59 Å². The van der Waals surface area contributed by atoms with Crippen LogP contribution in [0.25, 0.3) is 10.9 Å². The van der Waals surface area contributed by atoms with Crippen LogP contribution < -0.4 is 10.6 Å². The van der Waals surface area contributed by atoms with Gasteiger partial charge in [-0.05, 0) is 68.0 Å². The number of benzene rings is 2. The number of aromatic nitrogens is 2.